The lowest BCUT2D eigenvalue weighted by atomic mass is 10.1. The predicted molar refractivity (Wildman–Crippen MR) is 150 cm³/mol. The first-order valence-electron chi connectivity index (χ1n) is 14.9. The molecule has 0 aliphatic rings. The summed E-state index contributed by atoms with van der Waals surface area (Å²) in [6.07, 6.45) is 29.2. The molecular formula is C32H54N2. The molecule has 1 aromatic carbocycles. The normalized spacial score (nSPS) is 11.4. The highest BCUT2D eigenvalue weighted by Crippen LogP contribution is 2.15. The molecular weight excluding hydrogens is 412 g/mol. The van der Waals surface area contributed by atoms with E-state index in [1.54, 1.807) is 0 Å². The third-order valence-electron chi connectivity index (χ3n) is 7.16. The van der Waals surface area contributed by atoms with Crippen molar-refractivity contribution in [1.82, 2.24) is 9.55 Å². The summed E-state index contributed by atoms with van der Waals surface area (Å²) in [6, 6.07) is 10.9. The molecule has 0 N–H and O–H groups in total. The molecule has 1 heterocycles. The highest BCUT2D eigenvalue weighted by atomic mass is 15.1. The summed E-state index contributed by atoms with van der Waals surface area (Å²) >= 11 is 0. The van der Waals surface area contributed by atoms with Gasteiger partial charge >= 0.3 is 0 Å². The molecule has 0 radical (unpaired) electrons. The van der Waals surface area contributed by atoms with Crippen LogP contribution < -0.4 is 0 Å². The summed E-state index contributed by atoms with van der Waals surface area (Å²) in [5, 5.41) is 0. The maximum atomic E-state index is 5.08. The van der Waals surface area contributed by atoms with Crippen LogP contribution in [0.2, 0.25) is 0 Å². The number of aromatic nitrogens is 2. The first-order chi connectivity index (χ1) is 16.8. The van der Waals surface area contributed by atoms with Crippen LogP contribution in [-0.2, 0) is 25.8 Å². The fourth-order valence-corrected chi connectivity index (χ4v) is 4.98. The predicted octanol–water partition coefficient (Wildman–Crippen LogP) is 9.88. The summed E-state index contributed by atoms with van der Waals surface area (Å²) in [7, 11) is 0. The van der Waals surface area contributed by atoms with Gasteiger partial charge in [-0.1, -0.05) is 134 Å². The van der Waals surface area contributed by atoms with E-state index in [9.17, 15) is 0 Å². The Balaban J connectivity index is 1.65. The van der Waals surface area contributed by atoms with Crippen molar-refractivity contribution in [2.75, 3.05) is 0 Å². The van der Waals surface area contributed by atoms with E-state index < -0.39 is 0 Å². The molecule has 192 valence electrons. The van der Waals surface area contributed by atoms with Gasteiger partial charge in [-0.05, 0) is 37.7 Å². The van der Waals surface area contributed by atoms with E-state index in [1.807, 2.05) is 0 Å². The molecule has 2 nitrogen and oxygen atoms in total. The number of unbranched alkanes of at least 4 members (excludes halogenated alkanes) is 14. The molecule has 0 atom stereocenters. The number of rotatable bonds is 22. The molecule has 0 spiro atoms. The first-order valence-corrected chi connectivity index (χ1v) is 14.9. The van der Waals surface area contributed by atoms with Gasteiger partial charge in [0.2, 0.25) is 0 Å². The second-order valence-corrected chi connectivity index (χ2v) is 10.4. The van der Waals surface area contributed by atoms with Crippen molar-refractivity contribution in [3.8, 4) is 0 Å². The van der Waals surface area contributed by atoms with Crippen molar-refractivity contribution >= 4 is 0 Å². The maximum Gasteiger partial charge on any atom is 0.108 e. The Kier molecular flexibility index (Phi) is 16.6. The zero-order valence-corrected chi connectivity index (χ0v) is 22.7. The Hall–Kier alpha value is -1.57. The highest BCUT2D eigenvalue weighted by molar-refractivity contribution is 5.15. The quantitative estimate of drug-likeness (QED) is 0.158. The van der Waals surface area contributed by atoms with Gasteiger partial charge in [0, 0.05) is 19.2 Å². The van der Waals surface area contributed by atoms with Crippen molar-refractivity contribution in [3.63, 3.8) is 0 Å². The molecule has 0 fully saturated rings. The number of nitrogens with zero attached hydrogens (tertiary/aromatic N) is 2. The minimum absolute atomic E-state index is 1.10. The summed E-state index contributed by atoms with van der Waals surface area (Å²) in [6.45, 7) is 5.75. The monoisotopic (exact) mass is 466 g/mol. The molecule has 2 rings (SSSR count). The molecule has 2 aromatic rings. The molecule has 0 aliphatic carbocycles. The zero-order chi connectivity index (χ0) is 24.1. The topological polar surface area (TPSA) is 17.8 Å². The summed E-state index contributed by atoms with van der Waals surface area (Å²) in [5.74, 6) is 1.34. The molecule has 2 heteroatoms. The highest BCUT2D eigenvalue weighted by Gasteiger charge is 2.08. The van der Waals surface area contributed by atoms with Crippen LogP contribution in [-0.4, -0.2) is 9.55 Å². The van der Waals surface area contributed by atoms with E-state index >= 15 is 0 Å². The van der Waals surface area contributed by atoms with Gasteiger partial charge in [-0.25, -0.2) is 4.98 Å². The molecule has 0 saturated heterocycles. The van der Waals surface area contributed by atoms with Crippen LogP contribution in [0.3, 0.4) is 0 Å². The van der Waals surface area contributed by atoms with Crippen LogP contribution in [0.5, 0.6) is 0 Å². The lowest BCUT2D eigenvalue weighted by Crippen LogP contribution is -2.03. The Bertz CT molecular complexity index is 703. The second kappa shape index (κ2) is 19.7. The average Bonchev–Trinajstić information content (AvgIpc) is 3.24. The Morgan fingerprint density at radius 1 is 0.559 bits per heavy atom. The van der Waals surface area contributed by atoms with Gasteiger partial charge in [0.15, 0.2) is 0 Å². The fourth-order valence-electron chi connectivity index (χ4n) is 4.98. The lowest BCUT2D eigenvalue weighted by Gasteiger charge is -2.08. The van der Waals surface area contributed by atoms with Crippen LogP contribution >= 0.6 is 0 Å². The Morgan fingerprint density at radius 3 is 1.74 bits per heavy atom. The lowest BCUT2D eigenvalue weighted by molar-refractivity contribution is 0.520. The SMILES string of the molecule is CCCCCCCCCCCCCCn1cc(CCCc2ccccc2)nc1CCCCCC. The summed E-state index contributed by atoms with van der Waals surface area (Å²) in [5.41, 5.74) is 2.75. The molecule has 0 amide bonds. The minimum Gasteiger partial charge on any atom is -0.335 e. The van der Waals surface area contributed by atoms with Crippen molar-refractivity contribution in [2.45, 2.75) is 149 Å². The van der Waals surface area contributed by atoms with Crippen molar-refractivity contribution in [3.05, 3.63) is 53.6 Å². The van der Waals surface area contributed by atoms with Gasteiger partial charge in [0.1, 0.15) is 5.82 Å². The molecule has 0 bridgehead atoms. The average molecular weight is 467 g/mol. The first kappa shape index (κ1) is 28.7. The standard InChI is InChI=1S/C32H54N2/c1-3-5-7-9-10-11-12-13-14-15-16-21-28-34-29-31(33-32(34)27-20-8-6-4-2)26-22-25-30-23-18-17-19-24-30/h17-19,23-24,29H,3-16,20-22,25-28H2,1-2H3. The van der Waals surface area contributed by atoms with Crippen molar-refractivity contribution in [1.29, 1.82) is 0 Å². The van der Waals surface area contributed by atoms with E-state index in [4.69, 9.17) is 4.98 Å². The summed E-state index contributed by atoms with van der Waals surface area (Å²) < 4.78 is 2.50. The molecule has 0 aliphatic heterocycles. The van der Waals surface area contributed by atoms with Crippen molar-refractivity contribution in [2.24, 2.45) is 0 Å². The fraction of sp³-hybridized carbons (Fsp3) is 0.719. The van der Waals surface area contributed by atoms with E-state index in [2.05, 4.69) is 54.9 Å². The molecule has 1 aromatic heterocycles. The number of imidazole rings is 1. The van der Waals surface area contributed by atoms with Gasteiger partial charge < -0.3 is 4.57 Å². The van der Waals surface area contributed by atoms with Crippen molar-refractivity contribution < 1.29 is 0 Å². The smallest absolute Gasteiger partial charge is 0.108 e. The minimum atomic E-state index is 1.10. The van der Waals surface area contributed by atoms with E-state index in [-0.39, 0.29) is 0 Å². The maximum absolute atomic E-state index is 5.08. The van der Waals surface area contributed by atoms with E-state index in [0.29, 0.717) is 0 Å². The summed E-state index contributed by atoms with van der Waals surface area (Å²) in [4.78, 5) is 5.08. The van der Waals surface area contributed by atoms with Crippen LogP contribution in [0.25, 0.3) is 0 Å². The van der Waals surface area contributed by atoms with Gasteiger partial charge in [0.05, 0.1) is 5.69 Å². The van der Waals surface area contributed by atoms with Crippen LogP contribution in [0.1, 0.15) is 140 Å². The van der Waals surface area contributed by atoms with Crippen LogP contribution in [0, 0.1) is 0 Å². The Labute approximate surface area is 212 Å². The number of hydrogen-bond donors (Lipinski definition) is 0. The number of hydrogen-bond acceptors (Lipinski definition) is 1. The molecule has 0 unspecified atom stereocenters. The van der Waals surface area contributed by atoms with E-state index in [0.717, 1.165) is 25.8 Å². The van der Waals surface area contributed by atoms with Gasteiger partial charge in [-0.3, -0.25) is 0 Å². The Morgan fingerprint density at radius 2 is 1.12 bits per heavy atom. The second-order valence-electron chi connectivity index (χ2n) is 10.4. The third-order valence-corrected chi connectivity index (χ3v) is 7.16. The van der Waals surface area contributed by atoms with Crippen LogP contribution in [0.15, 0.2) is 36.5 Å². The number of aryl methyl sites for hydroxylation is 4. The zero-order valence-electron chi connectivity index (χ0n) is 22.7. The molecule has 34 heavy (non-hydrogen) atoms. The third kappa shape index (κ3) is 13.4. The van der Waals surface area contributed by atoms with Gasteiger partial charge in [0.25, 0.3) is 0 Å². The number of benzene rings is 1. The van der Waals surface area contributed by atoms with E-state index in [1.165, 1.54) is 126 Å². The largest absolute Gasteiger partial charge is 0.335 e. The molecule has 0 saturated carbocycles. The van der Waals surface area contributed by atoms with Gasteiger partial charge in [-0.15, -0.1) is 0 Å². The van der Waals surface area contributed by atoms with Crippen LogP contribution in [0.4, 0.5) is 0 Å². The van der Waals surface area contributed by atoms with Gasteiger partial charge in [-0.2, -0.15) is 0 Å².